The first-order chi connectivity index (χ1) is 13.7. The first-order valence-corrected chi connectivity index (χ1v) is 10.9. The molecule has 2 N–H and O–H groups in total. The highest BCUT2D eigenvalue weighted by atomic mass is 32.2. The molecule has 0 saturated carbocycles. The minimum absolute atomic E-state index is 0.0686. The molecule has 1 saturated heterocycles. The molecule has 1 atom stereocenters. The highest BCUT2D eigenvalue weighted by molar-refractivity contribution is 7.89. The van der Waals surface area contributed by atoms with E-state index < -0.39 is 15.9 Å². The Labute approximate surface area is 171 Å². The van der Waals surface area contributed by atoms with Gasteiger partial charge in [0.15, 0.2) is 0 Å². The van der Waals surface area contributed by atoms with Crippen molar-refractivity contribution in [2.45, 2.75) is 31.7 Å². The van der Waals surface area contributed by atoms with E-state index in [0.717, 1.165) is 16.8 Å². The van der Waals surface area contributed by atoms with Crippen molar-refractivity contribution in [2.75, 3.05) is 18.5 Å². The SMILES string of the molecule is CNS(=O)(=O)c1cccc(CNC(=O)C2CC(=O)N(c3cccc(C)c3C)C2)c1. The summed E-state index contributed by atoms with van der Waals surface area (Å²) in [6.07, 6.45) is 0.160. The molecule has 3 rings (SSSR count). The Morgan fingerprint density at radius 3 is 2.62 bits per heavy atom. The molecule has 0 bridgehead atoms. The molecule has 7 nitrogen and oxygen atoms in total. The highest BCUT2D eigenvalue weighted by Gasteiger charge is 2.35. The Bertz CT molecular complexity index is 1050. The van der Waals surface area contributed by atoms with Crippen molar-refractivity contribution in [2.24, 2.45) is 5.92 Å². The van der Waals surface area contributed by atoms with Crippen molar-refractivity contribution in [3.8, 4) is 0 Å². The molecule has 0 aromatic heterocycles. The standard InChI is InChI=1S/C21H25N3O4S/c1-14-6-4-9-19(15(14)2)24-13-17(11-20(24)25)21(26)23-12-16-7-5-8-18(10-16)29(27,28)22-3/h4-10,17,22H,11-13H2,1-3H3,(H,23,26). The number of hydrogen-bond donors (Lipinski definition) is 2. The number of anilines is 1. The molecule has 0 radical (unpaired) electrons. The zero-order valence-corrected chi connectivity index (χ0v) is 17.5. The predicted molar refractivity (Wildman–Crippen MR) is 111 cm³/mol. The fraction of sp³-hybridized carbons (Fsp3) is 0.333. The maximum Gasteiger partial charge on any atom is 0.240 e. The molecule has 154 valence electrons. The zero-order valence-electron chi connectivity index (χ0n) is 16.7. The third kappa shape index (κ3) is 4.49. The van der Waals surface area contributed by atoms with Gasteiger partial charge in [-0.15, -0.1) is 0 Å². The smallest absolute Gasteiger partial charge is 0.240 e. The molecule has 8 heteroatoms. The molecule has 29 heavy (non-hydrogen) atoms. The molecule has 1 heterocycles. The van der Waals surface area contributed by atoms with E-state index in [2.05, 4.69) is 10.0 Å². The summed E-state index contributed by atoms with van der Waals surface area (Å²) in [4.78, 5) is 26.9. The second kappa shape index (κ2) is 8.34. The highest BCUT2D eigenvalue weighted by Crippen LogP contribution is 2.29. The van der Waals surface area contributed by atoms with Crippen LogP contribution in [0, 0.1) is 19.8 Å². The van der Waals surface area contributed by atoms with Crippen LogP contribution in [0.4, 0.5) is 5.69 Å². The zero-order chi connectivity index (χ0) is 21.2. The van der Waals surface area contributed by atoms with Crippen molar-refractivity contribution in [3.05, 3.63) is 59.2 Å². The number of aryl methyl sites for hydroxylation is 1. The monoisotopic (exact) mass is 415 g/mol. The maximum absolute atomic E-state index is 12.6. The Kier molecular flexibility index (Phi) is 6.04. The van der Waals surface area contributed by atoms with Gasteiger partial charge >= 0.3 is 0 Å². The molecule has 1 unspecified atom stereocenters. The van der Waals surface area contributed by atoms with Gasteiger partial charge in [-0.2, -0.15) is 0 Å². The lowest BCUT2D eigenvalue weighted by atomic mass is 10.1. The van der Waals surface area contributed by atoms with Crippen LogP contribution < -0.4 is 14.9 Å². The average molecular weight is 416 g/mol. The van der Waals surface area contributed by atoms with Gasteiger partial charge in [0, 0.05) is 25.2 Å². The van der Waals surface area contributed by atoms with Crippen LogP contribution in [-0.2, 0) is 26.2 Å². The van der Waals surface area contributed by atoms with Crippen LogP contribution >= 0.6 is 0 Å². The Morgan fingerprint density at radius 1 is 1.17 bits per heavy atom. The lowest BCUT2D eigenvalue weighted by Gasteiger charge is -2.20. The third-order valence-electron chi connectivity index (χ3n) is 5.31. The van der Waals surface area contributed by atoms with Crippen LogP contribution in [0.2, 0.25) is 0 Å². The van der Waals surface area contributed by atoms with Crippen molar-refractivity contribution >= 4 is 27.5 Å². The number of nitrogens with zero attached hydrogens (tertiary/aromatic N) is 1. The summed E-state index contributed by atoms with van der Waals surface area (Å²) >= 11 is 0. The first kappa shape index (κ1) is 21.0. The van der Waals surface area contributed by atoms with Gasteiger partial charge in [0.1, 0.15) is 0 Å². The van der Waals surface area contributed by atoms with Gasteiger partial charge in [0.25, 0.3) is 0 Å². The van der Waals surface area contributed by atoms with Gasteiger partial charge in [-0.3, -0.25) is 9.59 Å². The second-order valence-corrected chi connectivity index (χ2v) is 9.08. The largest absolute Gasteiger partial charge is 0.352 e. The number of carbonyl (C=O) groups excluding carboxylic acids is 2. The van der Waals surface area contributed by atoms with Gasteiger partial charge < -0.3 is 10.2 Å². The second-order valence-electron chi connectivity index (χ2n) is 7.20. The van der Waals surface area contributed by atoms with Gasteiger partial charge in [0.05, 0.1) is 10.8 Å². The van der Waals surface area contributed by atoms with E-state index in [1.807, 2.05) is 32.0 Å². The molecule has 2 amide bonds. The Morgan fingerprint density at radius 2 is 1.90 bits per heavy atom. The molecular formula is C21H25N3O4S. The van der Waals surface area contributed by atoms with Crippen molar-refractivity contribution in [1.82, 2.24) is 10.0 Å². The summed E-state index contributed by atoms with van der Waals surface area (Å²) in [5.41, 5.74) is 3.64. The number of amides is 2. The Hall–Kier alpha value is -2.71. The minimum atomic E-state index is -3.54. The summed E-state index contributed by atoms with van der Waals surface area (Å²) in [5, 5.41) is 2.82. The summed E-state index contributed by atoms with van der Waals surface area (Å²) in [7, 11) is -2.19. The van der Waals surface area contributed by atoms with Crippen LogP contribution in [0.3, 0.4) is 0 Å². The third-order valence-corrected chi connectivity index (χ3v) is 6.72. The van der Waals surface area contributed by atoms with Gasteiger partial charge in [-0.25, -0.2) is 13.1 Å². The lowest BCUT2D eigenvalue weighted by Crippen LogP contribution is -2.32. The fourth-order valence-electron chi connectivity index (χ4n) is 3.42. The summed E-state index contributed by atoms with van der Waals surface area (Å²) in [5.74, 6) is -0.722. The van der Waals surface area contributed by atoms with Crippen molar-refractivity contribution in [3.63, 3.8) is 0 Å². The lowest BCUT2D eigenvalue weighted by molar-refractivity contribution is -0.126. The summed E-state index contributed by atoms with van der Waals surface area (Å²) < 4.78 is 26.1. The van der Waals surface area contributed by atoms with Crippen LogP contribution in [0.5, 0.6) is 0 Å². The van der Waals surface area contributed by atoms with Crippen LogP contribution in [0.25, 0.3) is 0 Å². The average Bonchev–Trinajstić information content (AvgIpc) is 3.10. The normalized spacial score (nSPS) is 16.9. The number of hydrogen-bond acceptors (Lipinski definition) is 4. The molecule has 2 aromatic carbocycles. The molecular weight excluding hydrogens is 390 g/mol. The van der Waals surface area contributed by atoms with Crippen LogP contribution in [0.15, 0.2) is 47.4 Å². The van der Waals surface area contributed by atoms with E-state index in [0.29, 0.717) is 12.1 Å². The number of carbonyl (C=O) groups is 2. The van der Waals surface area contributed by atoms with Crippen molar-refractivity contribution in [1.29, 1.82) is 0 Å². The topological polar surface area (TPSA) is 95.6 Å². The van der Waals surface area contributed by atoms with E-state index in [4.69, 9.17) is 0 Å². The summed E-state index contributed by atoms with van der Waals surface area (Å²) in [6, 6.07) is 12.2. The van der Waals surface area contributed by atoms with E-state index in [1.54, 1.807) is 17.0 Å². The van der Waals surface area contributed by atoms with E-state index in [9.17, 15) is 18.0 Å². The van der Waals surface area contributed by atoms with Gasteiger partial charge in [-0.05, 0) is 55.8 Å². The van der Waals surface area contributed by atoms with E-state index >= 15 is 0 Å². The minimum Gasteiger partial charge on any atom is -0.352 e. The van der Waals surface area contributed by atoms with E-state index in [-0.39, 0.29) is 29.7 Å². The fourth-order valence-corrected chi connectivity index (χ4v) is 4.22. The number of rotatable bonds is 6. The van der Waals surface area contributed by atoms with Crippen LogP contribution in [-0.4, -0.2) is 33.8 Å². The maximum atomic E-state index is 12.6. The summed E-state index contributed by atoms with van der Waals surface area (Å²) in [6.45, 7) is 4.49. The number of benzene rings is 2. The number of nitrogens with one attached hydrogen (secondary N) is 2. The molecule has 0 spiro atoms. The van der Waals surface area contributed by atoms with Crippen molar-refractivity contribution < 1.29 is 18.0 Å². The molecule has 1 aliphatic rings. The van der Waals surface area contributed by atoms with Crippen LogP contribution in [0.1, 0.15) is 23.1 Å². The van der Waals surface area contributed by atoms with Gasteiger partial charge in [0.2, 0.25) is 21.8 Å². The predicted octanol–water partition coefficient (Wildman–Crippen LogP) is 1.88. The molecule has 2 aromatic rings. The molecule has 1 aliphatic heterocycles. The Balaban J connectivity index is 1.66. The quantitative estimate of drug-likeness (QED) is 0.753. The molecule has 1 fully saturated rings. The number of sulfonamides is 1. The van der Waals surface area contributed by atoms with E-state index in [1.165, 1.54) is 19.2 Å². The van der Waals surface area contributed by atoms with Gasteiger partial charge in [-0.1, -0.05) is 24.3 Å². The molecule has 0 aliphatic carbocycles. The first-order valence-electron chi connectivity index (χ1n) is 9.39.